The van der Waals surface area contributed by atoms with Crippen molar-refractivity contribution >= 4 is 0 Å². The van der Waals surface area contributed by atoms with E-state index in [0.29, 0.717) is 6.61 Å². The third kappa shape index (κ3) is 4.19. The summed E-state index contributed by atoms with van der Waals surface area (Å²) in [5.74, 6) is 2.56. The van der Waals surface area contributed by atoms with Crippen LogP contribution in [0.5, 0.6) is 17.2 Å². The highest BCUT2D eigenvalue weighted by Crippen LogP contribution is 2.23. The average molecular weight is 272 g/mol. The van der Waals surface area contributed by atoms with E-state index in [0.717, 1.165) is 30.1 Å². The molecule has 0 aliphatic heterocycles. The average Bonchev–Trinajstić information content (AvgIpc) is 2.52. The summed E-state index contributed by atoms with van der Waals surface area (Å²) >= 11 is 0. The van der Waals surface area contributed by atoms with Crippen LogP contribution >= 0.6 is 0 Å². The smallest absolute Gasteiger partial charge is 0.122 e. The number of hydrogen-bond donors (Lipinski definition) is 0. The van der Waals surface area contributed by atoms with E-state index in [-0.39, 0.29) is 0 Å². The molecule has 0 saturated carbocycles. The summed E-state index contributed by atoms with van der Waals surface area (Å²) < 4.78 is 16.2. The molecule has 0 saturated heterocycles. The number of methoxy groups -OCH3 is 2. The SMILES string of the molecule is COc1cc(CCCOc2ccccc2)cc(OC)c1. The number of rotatable bonds is 7. The van der Waals surface area contributed by atoms with Crippen molar-refractivity contribution in [1.82, 2.24) is 0 Å². The third-order valence-electron chi connectivity index (χ3n) is 3.03. The lowest BCUT2D eigenvalue weighted by Gasteiger charge is -2.09. The monoisotopic (exact) mass is 272 g/mol. The highest BCUT2D eigenvalue weighted by molar-refractivity contribution is 5.38. The normalized spacial score (nSPS) is 10.1. The Morgan fingerprint density at radius 1 is 0.800 bits per heavy atom. The lowest BCUT2D eigenvalue weighted by molar-refractivity contribution is 0.310. The van der Waals surface area contributed by atoms with Gasteiger partial charge in [0, 0.05) is 6.07 Å². The lowest BCUT2D eigenvalue weighted by atomic mass is 10.1. The van der Waals surface area contributed by atoms with Gasteiger partial charge in [-0.05, 0) is 42.7 Å². The molecule has 0 radical (unpaired) electrons. The van der Waals surface area contributed by atoms with E-state index < -0.39 is 0 Å². The molecule has 0 aromatic heterocycles. The van der Waals surface area contributed by atoms with Gasteiger partial charge in [0.25, 0.3) is 0 Å². The highest BCUT2D eigenvalue weighted by atomic mass is 16.5. The molecule has 0 spiro atoms. The molecule has 0 N–H and O–H groups in total. The second-order valence-electron chi connectivity index (χ2n) is 4.49. The molecular formula is C17H20O3. The first kappa shape index (κ1) is 14.3. The molecule has 0 aliphatic carbocycles. The van der Waals surface area contributed by atoms with Gasteiger partial charge in [-0.2, -0.15) is 0 Å². The molecule has 106 valence electrons. The quantitative estimate of drug-likeness (QED) is 0.719. The van der Waals surface area contributed by atoms with E-state index in [1.165, 1.54) is 5.56 Å². The molecule has 0 amide bonds. The second kappa shape index (κ2) is 7.43. The standard InChI is InChI=1S/C17H20O3/c1-18-16-11-14(12-17(13-16)19-2)7-6-10-20-15-8-4-3-5-9-15/h3-5,8-9,11-13H,6-7,10H2,1-2H3. The Morgan fingerprint density at radius 3 is 2.05 bits per heavy atom. The minimum atomic E-state index is 0.698. The van der Waals surface area contributed by atoms with Crippen molar-refractivity contribution in [1.29, 1.82) is 0 Å². The molecule has 0 unspecified atom stereocenters. The number of ether oxygens (including phenoxy) is 3. The molecule has 2 aromatic carbocycles. The zero-order valence-corrected chi connectivity index (χ0v) is 12.0. The Bertz CT molecular complexity index is 501. The Hall–Kier alpha value is -2.16. The van der Waals surface area contributed by atoms with Crippen LogP contribution in [0.25, 0.3) is 0 Å². The zero-order valence-electron chi connectivity index (χ0n) is 12.0. The minimum absolute atomic E-state index is 0.698. The zero-order chi connectivity index (χ0) is 14.2. The van der Waals surface area contributed by atoms with Gasteiger partial charge in [-0.3, -0.25) is 0 Å². The van der Waals surface area contributed by atoms with E-state index in [1.807, 2.05) is 48.5 Å². The highest BCUT2D eigenvalue weighted by Gasteiger charge is 2.02. The fourth-order valence-corrected chi connectivity index (χ4v) is 1.99. The minimum Gasteiger partial charge on any atom is -0.497 e. The summed E-state index contributed by atoms with van der Waals surface area (Å²) in [7, 11) is 3.33. The number of hydrogen-bond acceptors (Lipinski definition) is 3. The Balaban J connectivity index is 1.84. The maximum atomic E-state index is 5.68. The van der Waals surface area contributed by atoms with Crippen molar-refractivity contribution < 1.29 is 14.2 Å². The molecule has 3 heteroatoms. The van der Waals surface area contributed by atoms with E-state index in [1.54, 1.807) is 14.2 Å². The molecule has 2 rings (SSSR count). The van der Waals surface area contributed by atoms with Gasteiger partial charge in [-0.1, -0.05) is 18.2 Å². The van der Waals surface area contributed by atoms with Crippen LogP contribution in [0.2, 0.25) is 0 Å². The van der Waals surface area contributed by atoms with Crippen LogP contribution < -0.4 is 14.2 Å². The summed E-state index contributed by atoms with van der Waals surface area (Å²) in [5, 5.41) is 0. The molecule has 3 nitrogen and oxygen atoms in total. The van der Waals surface area contributed by atoms with Crippen LogP contribution in [0.15, 0.2) is 48.5 Å². The third-order valence-corrected chi connectivity index (χ3v) is 3.03. The van der Waals surface area contributed by atoms with Crippen molar-refractivity contribution in [3.8, 4) is 17.2 Å². The van der Waals surface area contributed by atoms with E-state index in [2.05, 4.69) is 0 Å². The topological polar surface area (TPSA) is 27.7 Å². The maximum Gasteiger partial charge on any atom is 0.122 e. The van der Waals surface area contributed by atoms with Crippen LogP contribution in [-0.2, 0) is 6.42 Å². The molecule has 0 heterocycles. The van der Waals surface area contributed by atoms with Gasteiger partial charge in [0.2, 0.25) is 0 Å². The van der Waals surface area contributed by atoms with Crippen molar-refractivity contribution in [2.45, 2.75) is 12.8 Å². The van der Waals surface area contributed by atoms with Crippen molar-refractivity contribution in [3.63, 3.8) is 0 Å². The maximum absolute atomic E-state index is 5.68. The summed E-state index contributed by atoms with van der Waals surface area (Å²) in [6, 6.07) is 15.8. The van der Waals surface area contributed by atoms with Gasteiger partial charge in [0.05, 0.1) is 20.8 Å². The van der Waals surface area contributed by atoms with Crippen molar-refractivity contribution in [2.75, 3.05) is 20.8 Å². The van der Waals surface area contributed by atoms with Crippen molar-refractivity contribution in [3.05, 3.63) is 54.1 Å². The predicted molar refractivity (Wildman–Crippen MR) is 79.8 cm³/mol. The van der Waals surface area contributed by atoms with Crippen LogP contribution in [0, 0.1) is 0 Å². The molecule has 0 bridgehead atoms. The number of para-hydroxylation sites is 1. The first-order valence-electron chi connectivity index (χ1n) is 6.71. The van der Waals surface area contributed by atoms with Crippen molar-refractivity contribution in [2.24, 2.45) is 0 Å². The number of aryl methyl sites for hydroxylation is 1. The van der Waals surface area contributed by atoms with Crippen LogP contribution in [0.3, 0.4) is 0 Å². The van der Waals surface area contributed by atoms with Gasteiger partial charge in [0.1, 0.15) is 17.2 Å². The lowest BCUT2D eigenvalue weighted by Crippen LogP contribution is -2.00. The summed E-state index contributed by atoms with van der Waals surface area (Å²) in [6.07, 6.45) is 1.88. The van der Waals surface area contributed by atoms with Gasteiger partial charge in [-0.15, -0.1) is 0 Å². The van der Waals surface area contributed by atoms with E-state index in [9.17, 15) is 0 Å². The van der Waals surface area contributed by atoms with Crippen LogP contribution in [-0.4, -0.2) is 20.8 Å². The Kier molecular flexibility index (Phi) is 5.30. The first-order valence-corrected chi connectivity index (χ1v) is 6.71. The van der Waals surface area contributed by atoms with Crippen LogP contribution in [0.4, 0.5) is 0 Å². The molecule has 0 aliphatic rings. The van der Waals surface area contributed by atoms with Gasteiger partial charge in [0.15, 0.2) is 0 Å². The largest absolute Gasteiger partial charge is 0.497 e. The fraction of sp³-hybridized carbons (Fsp3) is 0.294. The molecule has 20 heavy (non-hydrogen) atoms. The van der Waals surface area contributed by atoms with Crippen LogP contribution in [0.1, 0.15) is 12.0 Å². The fourth-order valence-electron chi connectivity index (χ4n) is 1.99. The molecular weight excluding hydrogens is 252 g/mol. The number of benzene rings is 2. The first-order chi connectivity index (χ1) is 9.81. The summed E-state index contributed by atoms with van der Waals surface area (Å²) in [5.41, 5.74) is 1.19. The Labute approximate surface area is 120 Å². The Morgan fingerprint density at radius 2 is 1.45 bits per heavy atom. The van der Waals surface area contributed by atoms with E-state index >= 15 is 0 Å². The molecule has 0 fully saturated rings. The summed E-state index contributed by atoms with van der Waals surface area (Å²) in [6.45, 7) is 0.698. The predicted octanol–water partition coefficient (Wildman–Crippen LogP) is 3.72. The molecule has 2 aromatic rings. The summed E-state index contributed by atoms with van der Waals surface area (Å²) in [4.78, 5) is 0. The van der Waals surface area contributed by atoms with Gasteiger partial charge < -0.3 is 14.2 Å². The van der Waals surface area contributed by atoms with E-state index in [4.69, 9.17) is 14.2 Å². The van der Waals surface area contributed by atoms with Gasteiger partial charge in [-0.25, -0.2) is 0 Å². The second-order valence-corrected chi connectivity index (χ2v) is 4.49. The molecule has 0 atom stereocenters. The van der Waals surface area contributed by atoms with Gasteiger partial charge >= 0.3 is 0 Å².